The number of anilines is 1. The second-order valence-corrected chi connectivity index (χ2v) is 6.15. The van der Waals surface area contributed by atoms with Crippen molar-refractivity contribution in [1.29, 1.82) is 0 Å². The molecule has 0 aliphatic rings. The Hall–Kier alpha value is -2.55. The van der Waals surface area contributed by atoms with Crippen LogP contribution in [0.2, 0.25) is 0 Å². The molecule has 1 N–H and O–H groups in total. The minimum Gasteiger partial charge on any atom is -0.493 e. The third kappa shape index (κ3) is 3.39. The molecule has 7 heteroatoms. The van der Waals surface area contributed by atoms with E-state index in [0.29, 0.717) is 33.7 Å². The number of ether oxygens (including phenoxy) is 2. The zero-order valence-corrected chi connectivity index (χ0v) is 16.3. The summed E-state index contributed by atoms with van der Waals surface area (Å²) in [6.07, 6.45) is 0. The van der Waals surface area contributed by atoms with Gasteiger partial charge in [0, 0.05) is 10.9 Å². The van der Waals surface area contributed by atoms with Gasteiger partial charge < -0.3 is 19.2 Å². The Morgan fingerprint density at radius 1 is 1.08 bits per heavy atom. The number of ketones is 1. The van der Waals surface area contributed by atoms with Crippen molar-refractivity contribution < 1.29 is 23.5 Å². The van der Waals surface area contributed by atoms with E-state index < -0.39 is 0 Å². The Kier molecular flexibility index (Phi) is 5.46. The molecule has 0 bridgehead atoms. The minimum atomic E-state index is -0.356. The zero-order valence-electron chi connectivity index (χ0n) is 14.2. The molecule has 6 nitrogen and oxygen atoms in total. The summed E-state index contributed by atoms with van der Waals surface area (Å²) in [7, 11) is 3.02. The number of benzene rings is 2. The summed E-state index contributed by atoms with van der Waals surface area (Å²) >= 11 is 1.96. The Morgan fingerprint density at radius 3 is 2.50 bits per heavy atom. The SMILES string of the molecule is COc1ccc(C(=O)c2oc3ccccc3c2NC(=O)CI)cc1OC. The average molecular weight is 465 g/mol. The van der Waals surface area contributed by atoms with Gasteiger partial charge in [-0.25, -0.2) is 0 Å². The molecule has 26 heavy (non-hydrogen) atoms. The number of amides is 1. The number of fused-ring (bicyclic) bond motifs is 1. The zero-order chi connectivity index (χ0) is 18.7. The van der Waals surface area contributed by atoms with E-state index in [1.165, 1.54) is 14.2 Å². The fourth-order valence-corrected chi connectivity index (χ4v) is 2.80. The fraction of sp³-hybridized carbons (Fsp3) is 0.158. The molecule has 1 amide bonds. The van der Waals surface area contributed by atoms with Crippen molar-refractivity contribution in [3.63, 3.8) is 0 Å². The van der Waals surface area contributed by atoms with Crippen LogP contribution < -0.4 is 14.8 Å². The molecule has 0 unspecified atom stereocenters. The summed E-state index contributed by atoms with van der Waals surface area (Å²) < 4.78 is 16.5. The van der Waals surface area contributed by atoms with Crippen LogP contribution in [0.3, 0.4) is 0 Å². The van der Waals surface area contributed by atoms with Gasteiger partial charge in [0.1, 0.15) is 5.58 Å². The number of rotatable bonds is 6. The van der Waals surface area contributed by atoms with E-state index in [0.717, 1.165) is 0 Å². The smallest absolute Gasteiger partial charge is 0.234 e. The summed E-state index contributed by atoms with van der Waals surface area (Å²) in [4.78, 5) is 24.9. The van der Waals surface area contributed by atoms with E-state index in [2.05, 4.69) is 5.32 Å². The van der Waals surface area contributed by atoms with E-state index in [1.54, 1.807) is 36.4 Å². The summed E-state index contributed by atoms with van der Waals surface area (Å²) in [5.74, 6) is 0.473. The average Bonchev–Trinajstić information content (AvgIpc) is 3.05. The molecule has 1 aromatic heterocycles. The quantitative estimate of drug-likeness (QED) is 0.338. The molecule has 3 aromatic rings. The first kappa shape index (κ1) is 18.2. The first-order valence-electron chi connectivity index (χ1n) is 7.73. The Bertz CT molecular complexity index is 979. The van der Waals surface area contributed by atoms with Crippen molar-refractivity contribution in [2.75, 3.05) is 24.0 Å². The molecule has 134 valence electrons. The topological polar surface area (TPSA) is 77.8 Å². The second-order valence-electron chi connectivity index (χ2n) is 5.38. The monoisotopic (exact) mass is 465 g/mol. The molecular formula is C19H16INO5. The number of nitrogens with one attached hydrogen (secondary N) is 1. The lowest BCUT2D eigenvalue weighted by Gasteiger charge is -2.09. The first-order valence-corrected chi connectivity index (χ1v) is 9.25. The molecule has 0 radical (unpaired) electrons. The van der Waals surface area contributed by atoms with E-state index in [1.807, 2.05) is 28.7 Å². The molecule has 0 aliphatic carbocycles. The third-order valence-electron chi connectivity index (χ3n) is 3.83. The predicted molar refractivity (Wildman–Crippen MR) is 107 cm³/mol. The van der Waals surface area contributed by atoms with Gasteiger partial charge in [-0.3, -0.25) is 9.59 Å². The van der Waals surface area contributed by atoms with Gasteiger partial charge in [-0.1, -0.05) is 34.7 Å². The molecule has 0 fully saturated rings. The second kappa shape index (κ2) is 7.77. The number of methoxy groups -OCH3 is 2. The lowest BCUT2D eigenvalue weighted by Crippen LogP contribution is -2.14. The molecule has 0 atom stereocenters. The Morgan fingerprint density at radius 2 is 1.81 bits per heavy atom. The van der Waals surface area contributed by atoms with Crippen LogP contribution in [0.25, 0.3) is 11.0 Å². The summed E-state index contributed by atoms with van der Waals surface area (Å²) in [6, 6.07) is 12.0. The molecule has 2 aromatic carbocycles. The van der Waals surface area contributed by atoms with Crippen LogP contribution in [0, 0.1) is 0 Å². The van der Waals surface area contributed by atoms with Crippen LogP contribution in [-0.2, 0) is 4.79 Å². The van der Waals surface area contributed by atoms with Crippen molar-refractivity contribution in [2.24, 2.45) is 0 Å². The van der Waals surface area contributed by atoms with Crippen LogP contribution >= 0.6 is 22.6 Å². The maximum absolute atomic E-state index is 13.0. The number of hydrogen-bond donors (Lipinski definition) is 1. The highest BCUT2D eigenvalue weighted by atomic mass is 127. The van der Waals surface area contributed by atoms with Gasteiger partial charge in [-0.05, 0) is 30.3 Å². The van der Waals surface area contributed by atoms with Crippen molar-refractivity contribution in [2.45, 2.75) is 0 Å². The Balaban J connectivity index is 2.10. The van der Waals surface area contributed by atoms with Crippen molar-refractivity contribution in [1.82, 2.24) is 0 Å². The normalized spacial score (nSPS) is 10.6. The predicted octanol–water partition coefficient (Wildman–Crippen LogP) is 4.05. The summed E-state index contributed by atoms with van der Waals surface area (Å²) in [5.41, 5.74) is 1.27. The number of furan rings is 1. The number of carbonyl (C=O) groups is 2. The third-order valence-corrected chi connectivity index (χ3v) is 4.53. The molecular weight excluding hydrogens is 449 g/mol. The van der Waals surface area contributed by atoms with Gasteiger partial charge in [-0.2, -0.15) is 0 Å². The first-order chi connectivity index (χ1) is 12.6. The minimum absolute atomic E-state index is 0.0802. The highest BCUT2D eigenvalue weighted by molar-refractivity contribution is 14.1. The van der Waals surface area contributed by atoms with Gasteiger partial charge in [-0.15, -0.1) is 0 Å². The van der Waals surface area contributed by atoms with Gasteiger partial charge >= 0.3 is 0 Å². The van der Waals surface area contributed by atoms with Crippen LogP contribution in [0.15, 0.2) is 46.9 Å². The lowest BCUT2D eigenvalue weighted by molar-refractivity contribution is -0.113. The summed E-state index contributed by atoms with van der Waals surface area (Å²) in [5, 5.41) is 3.44. The van der Waals surface area contributed by atoms with Crippen LogP contribution in [0.1, 0.15) is 16.1 Å². The number of carbonyl (C=O) groups excluding carboxylic acids is 2. The molecule has 0 aliphatic heterocycles. The number of hydrogen-bond acceptors (Lipinski definition) is 5. The maximum Gasteiger partial charge on any atom is 0.234 e. The van der Waals surface area contributed by atoms with Crippen LogP contribution in [0.4, 0.5) is 5.69 Å². The highest BCUT2D eigenvalue weighted by Crippen LogP contribution is 2.34. The van der Waals surface area contributed by atoms with Gasteiger partial charge in [0.25, 0.3) is 0 Å². The molecule has 0 saturated heterocycles. The number of alkyl halides is 1. The van der Waals surface area contributed by atoms with Crippen LogP contribution in [0.5, 0.6) is 11.5 Å². The molecule has 1 heterocycles. The fourth-order valence-electron chi connectivity index (χ4n) is 2.61. The van der Waals surface area contributed by atoms with E-state index >= 15 is 0 Å². The van der Waals surface area contributed by atoms with E-state index in [4.69, 9.17) is 13.9 Å². The highest BCUT2D eigenvalue weighted by Gasteiger charge is 2.24. The molecule has 0 spiro atoms. The van der Waals surface area contributed by atoms with Gasteiger partial charge in [0.05, 0.1) is 24.3 Å². The molecule has 0 saturated carbocycles. The summed E-state index contributed by atoms with van der Waals surface area (Å²) in [6.45, 7) is 0. The van der Waals surface area contributed by atoms with Crippen molar-refractivity contribution in [3.8, 4) is 11.5 Å². The van der Waals surface area contributed by atoms with Gasteiger partial charge in [0.2, 0.25) is 11.7 Å². The van der Waals surface area contributed by atoms with E-state index in [9.17, 15) is 9.59 Å². The largest absolute Gasteiger partial charge is 0.493 e. The molecule has 3 rings (SSSR count). The number of halogens is 1. The van der Waals surface area contributed by atoms with Crippen molar-refractivity contribution >= 4 is 50.9 Å². The van der Waals surface area contributed by atoms with E-state index in [-0.39, 0.29) is 21.9 Å². The number of para-hydroxylation sites is 1. The van der Waals surface area contributed by atoms with Crippen LogP contribution in [-0.4, -0.2) is 30.3 Å². The standard InChI is InChI=1S/C19H16INO5/c1-24-14-8-7-11(9-15(14)25-2)18(23)19-17(21-16(22)10-20)12-5-3-4-6-13(12)26-19/h3-9H,10H2,1-2H3,(H,21,22). The maximum atomic E-state index is 13.0. The van der Waals surface area contributed by atoms with Crippen molar-refractivity contribution in [3.05, 3.63) is 53.8 Å². The lowest BCUT2D eigenvalue weighted by atomic mass is 10.1. The van der Waals surface area contributed by atoms with Gasteiger partial charge in [0.15, 0.2) is 17.3 Å². The Labute approximate surface area is 163 Å².